The molecule has 1 unspecified atom stereocenters. The van der Waals surface area contributed by atoms with Crippen molar-refractivity contribution in [2.45, 2.75) is 12.5 Å². The van der Waals surface area contributed by atoms with E-state index in [2.05, 4.69) is 0 Å². The maximum atomic E-state index is 13.9. The Bertz CT molecular complexity index is 628. The van der Waals surface area contributed by atoms with Crippen LogP contribution in [-0.2, 0) is 6.42 Å². The van der Waals surface area contributed by atoms with Crippen molar-refractivity contribution in [2.24, 2.45) is 5.73 Å². The Hall–Kier alpha value is -1.94. The zero-order valence-corrected chi connectivity index (χ0v) is 10.2. The smallest absolute Gasteiger partial charge is 0.131 e. The molecule has 2 aromatic carbocycles. The zero-order valence-electron chi connectivity index (χ0n) is 10.2. The molecule has 0 fully saturated rings. The number of nitrogens with two attached hydrogens (primary N) is 1. The van der Waals surface area contributed by atoms with Crippen molar-refractivity contribution >= 4 is 0 Å². The van der Waals surface area contributed by atoms with E-state index in [0.717, 1.165) is 5.56 Å². The minimum absolute atomic E-state index is 0.165. The van der Waals surface area contributed by atoms with Crippen molar-refractivity contribution < 1.29 is 13.5 Å². The summed E-state index contributed by atoms with van der Waals surface area (Å²) in [4.78, 5) is 0. The van der Waals surface area contributed by atoms with Crippen LogP contribution in [0.15, 0.2) is 36.4 Å². The van der Waals surface area contributed by atoms with E-state index in [1.807, 2.05) is 0 Å². The number of benzene rings is 2. The summed E-state index contributed by atoms with van der Waals surface area (Å²) in [6.07, 6.45) is 0.396. The van der Waals surface area contributed by atoms with Gasteiger partial charge < -0.3 is 10.5 Å². The molecule has 2 nitrogen and oxygen atoms in total. The third-order valence-corrected chi connectivity index (χ3v) is 3.29. The quantitative estimate of drug-likeness (QED) is 0.902. The predicted octanol–water partition coefficient (Wildman–Crippen LogP) is 2.89. The van der Waals surface area contributed by atoms with Gasteiger partial charge in [-0.15, -0.1) is 0 Å². The molecule has 19 heavy (non-hydrogen) atoms. The largest absolute Gasteiger partial charge is 0.488 e. The second kappa shape index (κ2) is 4.63. The molecule has 4 heteroatoms. The third-order valence-electron chi connectivity index (χ3n) is 3.29. The molecule has 98 valence electrons. The number of hydrogen-bond acceptors (Lipinski definition) is 2. The van der Waals surface area contributed by atoms with Crippen LogP contribution < -0.4 is 10.5 Å². The van der Waals surface area contributed by atoms with E-state index in [-0.39, 0.29) is 6.10 Å². The first-order valence-corrected chi connectivity index (χ1v) is 6.13. The Morgan fingerprint density at radius 2 is 1.95 bits per heavy atom. The summed E-state index contributed by atoms with van der Waals surface area (Å²) in [5.41, 5.74) is 7.11. The summed E-state index contributed by atoms with van der Waals surface area (Å²) in [7, 11) is 0. The molecule has 0 saturated heterocycles. The maximum Gasteiger partial charge on any atom is 0.131 e. The van der Waals surface area contributed by atoms with Gasteiger partial charge in [-0.1, -0.05) is 18.2 Å². The number of hydrogen-bond donors (Lipinski definition) is 1. The van der Waals surface area contributed by atoms with Gasteiger partial charge >= 0.3 is 0 Å². The van der Waals surface area contributed by atoms with Crippen LogP contribution in [0.1, 0.15) is 5.56 Å². The van der Waals surface area contributed by atoms with Crippen molar-refractivity contribution in [2.75, 3.05) is 6.54 Å². The molecule has 0 aromatic heterocycles. The first-order valence-electron chi connectivity index (χ1n) is 6.13. The van der Waals surface area contributed by atoms with Crippen LogP contribution >= 0.6 is 0 Å². The van der Waals surface area contributed by atoms with E-state index >= 15 is 0 Å². The summed E-state index contributed by atoms with van der Waals surface area (Å²) >= 11 is 0. The van der Waals surface area contributed by atoms with Crippen molar-refractivity contribution in [1.82, 2.24) is 0 Å². The predicted molar refractivity (Wildman–Crippen MR) is 69.0 cm³/mol. The van der Waals surface area contributed by atoms with Crippen LogP contribution in [0.5, 0.6) is 5.75 Å². The lowest BCUT2D eigenvalue weighted by Crippen LogP contribution is -2.24. The molecule has 1 aliphatic rings. The number of rotatable bonds is 2. The van der Waals surface area contributed by atoms with Crippen LogP contribution in [0.3, 0.4) is 0 Å². The van der Waals surface area contributed by atoms with Gasteiger partial charge in [-0.2, -0.15) is 0 Å². The minimum Gasteiger partial charge on any atom is -0.488 e. The lowest BCUT2D eigenvalue weighted by molar-refractivity contribution is 0.242. The van der Waals surface area contributed by atoms with Crippen molar-refractivity contribution in [3.8, 4) is 16.9 Å². The van der Waals surface area contributed by atoms with Gasteiger partial charge in [-0.25, -0.2) is 8.78 Å². The average molecular weight is 261 g/mol. The highest BCUT2D eigenvalue weighted by atomic mass is 19.1. The molecular weight excluding hydrogens is 248 g/mol. The average Bonchev–Trinajstić information content (AvgIpc) is 2.81. The fraction of sp³-hybridized carbons (Fsp3) is 0.200. The van der Waals surface area contributed by atoms with E-state index in [0.29, 0.717) is 29.8 Å². The molecule has 0 bridgehead atoms. The number of fused-ring (bicyclic) bond motifs is 1. The molecule has 2 aromatic rings. The molecule has 0 saturated carbocycles. The minimum atomic E-state index is -0.393. The first-order chi connectivity index (χ1) is 9.19. The molecule has 1 atom stereocenters. The Morgan fingerprint density at radius 3 is 2.68 bits per heavy atom. The van der Waals surface area contributed by atoms with E-state index < -0.39 is 11.6 Å². The number of ether oxygens (including phenoxy) is 1. The summed E-state index contributed by atoms with van der Waals surface area (Å²) in [5, 5.41) is 0. The van der Waals surface area contributed by atoms with Gasteiger partial charge in [0.25, 0.3) is 0 Å². The van der Waals surface area contributed by atoms with Crippen molar-refractivity contribution in [1.29, 1.82) is 0 Å². The van der Waals surface area contributed by atoms with Gasteiger partial charge in [0.15, 0.2) is 0 Å². The van der Waals surface area contributed by atoms with Crippen LogP contribution in [0.2, 0.25) is 0 Å². The highest BCUT2D eigenvalue weighted by Gasteiger charge is 2.26. The van der Waals surface area contributed by atoms with E-state index in [9.17, 15) is 8.78 Å². The normalized spacial score (nSPS) is 17.1. The summed E-state index contributed by atoms with van der Waals surface area (Å²) in [6.45, 7) is 0.354. The highest BCUT2D eigenvalue weighted by molar-refractivity contribution is 5.73. The van der Waals surface area contributed by atoms with Crippen molar-refractivity contribution in [3.63, 3.8) is 0 Å². The van der Waals surface area contributed by atoms with Gasteiger partial charge in [0.05, 0.1) is 0 Å². The van der Waals surface area contributed by atoms with Gasteiger partial charge in [0, 0.05) is 29.7 Å². The highest BCUT2D eigenvalue weighted by Crippen LogP contribution is 2.40. The molecule has 1 heterocycles. The molecule has 0 spiro atoms. The Labute approximate surface area is 109 Å². The van der Waals surface area contributed by atoms with Crippen LogP contribution in [0, 0.1) is 11.6 Å². The van der Waals surface area contributed by atoms with E-state index in [4.69, 9.17) is 10.5 Å². The fourth-order valence-electron chi connectivity index (χ4n) is 2.41. The summed E-state index contributed by atoms with van der Waals surface area (Å²) < 4.78 is 33.2. The molecule has 0 radical (unpaired) electrons. The fourth-order valence-corrected chi connectivity index (χ4v) is 2.41. The maximum absolute atomic E-state index is 13.9. The van der Waals surface area contributed by atoms with Crippen molar-refractivity contribution in [3.05, 3.63) is 53.6 Å². The van der Waals surface area contributed by atoms with Crippen LogP contribution in [0.25, 0.3) is 11.1 Å². The van der Waals surface area contributed by atoms with Gasteiger partial charge in [0.1, 0.15) is 23.5 Å². The molecule has 0 amide bonds. The Kier molecular flexibility index (Phi) is 2.95. The SMILES string of the molecule is NCC1Cc2cc(F)cc(-c3ccccc3F)c2O1. The monoisotopic (exact) mass is 261 g/mol. The van der Waals surface area contributed by atoms with Crippen LogP contribution in [0.4, 0.5) is 8.78 Å². The van der Waals surface area contributed by atoms with Crippen LogP contribution in [-0.4, -0.2) is 12.6 Å². The number of halogens is 2. The summed E-state index contributed by atoms with van der Waals surface area (Å²) in [5.74, 6) is -0.240. The molecule has 1 aliphatic heterocycles. The van der Waals surface area contributed by atoms with Gasteiger partial charge in [-0.05, 0) is 18.2 Å². The molecule has 3 rings (SSSR count). The first kappa shape index (κ1) is 12.1. The molecular formula is C15H13F2NO. The third kappa shape index (κ3) is 2.08. The second-order valence-electron chi connectivity index (χ2n) is 4.60. The van der Waals surface area contributed by atoms with E-state index in [1.165, 1.54) is 18.2 Å². The lowest BCUT2D eigenvalue weighted by atomic mass is 10.00. The standard InChI is InChI=1S/C15H13F2NO/c16-10-5-9-6-11(8-18)19-15(9)13(7-10)12-3-1-2-4-14(12)17/h1-5,7,11H,6,8,18H2. The van der Waals surface area contributed by atoms with E-state index in [1.54, 1.807) is 18.2 Å². The lowest BCUT2D eigenvalue weighted by Gasteiger charge is -2.11. The van der Waals surface area contributed by atoms with Gasteiger partial charge in [0.2, 0.25) is 0 Å². The molecule has 0 aliphatic carbocycles. The topological polar surface area (TPSA) is 35.2 Å². The van der Waals surface area contributed by atoms with Gasteiger partial charge in [-0.3, -0.25) is 0 Å². The Balaban J connectivity index is 2.16. The Morgan fingerprint density at radius 1 is 1.16 bits per heavy atom. The molecule has 2 N–H and O–H groups in total. The summed E-state index contributed by atoms with van der Waals surface area (Å²) in [6, 6.07) is 9.00. The second-order valence-corrected chi connectivity index (χ2v) is 4.60. The zero-order chi connectivity index (χ0) is 13.4.